The zero-order valence-electron chi connectivity index (χ0n) is 8.81. The summed E-state index contributed by atoms with van der Waals surface area (Å²) in [5.41, 5.74) is 0.0295. The van der Waals surface area contributed by atoms with Crippen LogP contribution in [0.25, 0.3) is 0 Å². The van der Waals surface area contributed by atoms with Gasteiger partial charge in [0.1, 0.15) is 0 Å². The van der Waals surface area contributed by atoms with Gasteiger partial charge in [0, 0.05) is 0 Å². The van der Waals surface area contributed by atoms with Gasteiger partial charge in [-0.05, 0) is 37.5 Å². The van der Waals surface area contributed by atoms with Crippen LogP contribution in [-0.4, -0.2) is 10.7 Å². The lowest BCUT2D eigenvalue weighted by molar-refractivity contribution is -0.114. The lowest BCUT2D eigenvalue weighted by Gasteiger charge is -2.48. The zero-order valence-corrected chi connectivity index (χ0v) is 8.81. The number of aliphatic hydroxyl groups is 1. The summed E-state index contributed by atoms with van der Waals surface area (Å²) in [4.78, 5) is 0. The molecular formula is C12H22O. The largest absolute Gasteiger partial charge is 0.389 e. The molecule has 0 aliphatic heterocycles. The minimum Gasteiger partial charge on any atom is -0.389 e. The van der Waals surface area contributed by atoms with Crippen LogP contribution < -0.4 is 0 Å². The highest BCUT2D eigenvalue weighted by Gasteiger charge is 2.51. The monoisotopic (exact) mass is 182 g/mol. The van der Waals surface area contributed by atoms with E-state index in [9.17, 15) is 5.11 Å². The molecule has 0 heterocycles. The smallest absolute Gasteiger partial charge is 0.0701 e. The molecule has 2 saturated carbocycles. The number of rotatable bonds is 1. The van der Waals surface area contributed by atoms with Gasteiger partial charge in [0.15, 0.2) is 0 Å². The molecule has 2 aliphatic rings. The Morgan fingerprint density at radius 3 is 1.85 bits per heavy atom. The van der Waals surface area contributed by atoms with Crippen molar-refractivity contribution in [3.8, 4) is 0 Å². The SMILES string of the molecule is CCC1(O)CCCCC12CCCC2. The predicted octanol–water partition coefficient (Wildman–Crippen LogP) is 3.26. The molecule has 0 radical (unpaired) electrons. The van der Waals surface area contributed by atoms with Gasteiger partial charge in [-0.25, -0.2) is 0 Å². The lowest BCUT2D eigenvalue weighted by atomic mass is 9.61. The van der Waals surface area contributed by atoms with Gasteiger partial charge in [0.05, 0.1) is 5.60 Å². The molecule has 1 atom stereocenters. The van der Waals surface area contributed by atoms with Gasteiger partial charge in [-0.1, -0.05) is 32.6 Å². The second kappa shape index (κ2) is 3.27. The highest BCUT2D eigenvalue weighted by molar-refractivity contribution is 5.02. The fraction of sp³-hybridized carbons (Fsp3) is 1.00. The summed E-state index contributed by atoms with van der Waals surface area (Å²) in [6, 6.07) is 0. The van der Waals surface area contributed by atoms with E-state index in [2.05, 4.69) is 6.92 Å². The number of hydrogen-bond acceptors (Lipinski definition) is 1. The fourth-order valence-corrected chi connectivity index (χ4v) is 3.70. The minimum absolute atomic E-state index is 0.304. The van der Waals surface area contributed by atoms with E-state index in [1.54, 1.807) is 0 Å². The van der Waals surface area contributed by atoms with E-state index in [-0.39, 0.29) is 5.60 Å². The van der Waals surface area contributed by atoms with E-state index in [0.717, 1.165) is 12.8 Å². The summed E-state index contributed by atoms with van der Waals surface area (Å²) in [5, 5.41) is 10.6. The first-order chi connectivity index (χ1) is 6.22. The van der Waals surface area contributed by atoms with Crippen molar-refractivity contribution >= 4 is 0 Å². The normalized spacial score (nSPS) is 38.3. The van der Waals surface area contributed by atoms with Gasteiger partial charge in [0.2, 0.25) is 0 Å². The molecular weight excluding hydrogens is 160 g/mol. The van der Waals surface area contributed by atoms with Crippen LogP contribution in [0.3, 0.4) is 0 Å². The first-order valence-electron chi connectivity index (χ1n) is 5.95. The summed E-state index contributed by atoms with van der Waals surface area (Å²) in [6.45, 7) is 2.16. The maximum absolute atomic E-state index is 10.6. The Hall–Kier alpha value is -0.0400. The van der Waals surface area contributed by atoms with E-state index in [1.807, 2.05) is 0 Å². The van der Waals surface area contributed by atoms with Gasteiger partial charge in [-0.2, -0.15) is 0 Å². The number of hydrogen-bond donors (Lipinski definition) is 1. The summed E-state index contributed by atoms with van der Waals surface area (Å²) >= 11 is 0. The topological polar surface area (TPSA) is 20.2 Å². The molecule has 13 heavy (non-hydrogen) atoms. The van der Waals surface area contributed by atoms with E-state index in [0.29, 0.717) is 5.41 Å². The van der Waals surface area contributed by atoms with Crippen LogP contribution in [-0.2, 0) is 0 Å². The molecule has 0 aromatic heterocycles. The predicted molar refractivity (Wildman–Crippen MR) is 54.6 cm³/mol. The molecule has 2 fully saturated rings. The van der Waals surface area contributed by atoms with Crippen LogP contribution in [0.5, 0.6) is 0 Å². The molecule has 1 spiro atoms. The lowest BCUT2D eigenvalue weighted by Crippen LogP contribution is -2.48. The van der Waals surface area contributed by atoms with Crippen molar-refractivity contribution in [2.45, 2.75) is 70.3 Å². The molecule has 1 unspecified atom stereocenters. The second-order valence-corrected chi connectivity index (χ2v) is 5.08. The Kier molecular flexibility index (Phi) is 2.39. The zero-order chi connectivity index (χ0) is 9.36. The summed E-state index contributed by atoms with van der Waals surface area (Å²) in [5.74, 6) is 0. The Morgan fingerprint density at radius 1 is 0.923 bits per heavy atom. The Bertz CT molecular complexity index is 182. The first kappa shape index (κ1) is 9.51. The molecule has 2 rings (SSSR count). The molecule has 1 heteroatoms. The molecule has 76 valence electrons. The molecule has 2 aliphatic carbocycles. The van der Waals surface area contributed by atoms with Gasteiger partial charge in [-0.15, -0.1) is 0 Å². The van der Waals surface area contributed by atoms with Crippen molar-refractivity contribution in [1.82, 2.24) is 0 Å². The highest BCUT2D eigenvalue weighted by atomic mass is 16.3. The molecule has 1 N–H and O–H groups in total. The van der Waals surface area contributed by atoms with Gasteiger partial charge in [0.25, 0.3) is 0 Å². The Labute approximate surface area is 81.5 Å². The summed E-state index contributed by atoms with van der Waals surface area (Å²) < 4.78 is 0. The molecule has 0 amide bonds. The second-order valence-electron chi connectivity index (χ2n) is 5.08. The fourth-order valence-electron chi connectivity index (χ4n) is 3.70. The van der Waals surface area contributed by atoms with Crippen molar-refractivity contribution in [2.24, 2.45) is 5.41 Å². The Balaban J connectivity index is 2.21. The van der Waals surface area contributed by atoms with Crippen LogP contribution in [0.1, 0.15) is 64.7 Å². The van der Waals surface area contributed by atoms with E-state index in [1.165, 1.54) is 44.9 Å². The molecule has 0 aromatic rings. The third-order valence-electron chi connectivity index (χ3n) is 4.63. The van der Waals surface area contributed by atoms with Gasteiger partial charge >= 0.3 is 0 Å². The first-order valence-corrected chi connectivity index (χ1v) is 5.95. The van der Waals surface area contributed by atoms with Crippen LogP contribution in [0.4, 0.5) is 0 Å². The molecule has 1 nitrogen and oxygen atoms in total. The van der Waals surface area contributed by atoms with Crippen LogP contribution in [0.15, 0.2) is 0 Å². The van der Waals surface area contributed by atoms with E-state index >= 15 is 0 Å². The van der Waals surface area contributed by atoms with Gasteiger partial charge < -0.3 is 5.11 Å². The average Bonchev–Trinajstić information content (AvgIpc) is 2.61. The van der Waals surface area contributed by atoms with Crippen LogP contribution >= 0.6 is 0 Å². The maximum atomic E-state index is 10.6. The van der Waals surface area contributed by atoms with E-state index in [4.69, 9.17) is 0 Å². The third kappa shape index (κ3) is 1.32. The van der Waals surface area contributed by atoms with E-state index < -0.39 is 0 Å². The quantitative estimate of drug-likeness (QED) is 0.660. The van der Waals surface area contributed by atoms with Crippen molar-refractivity contribution in [2.75, 3.05) is 0 Å². The molecule has 0 aromatic carbocycles. The van der Waals surface area contributed by atoms with Crippen molar-refractivity contribution in [1.29, 1.82) is 0 Å². The third-order valence-corrected chi connectivity index (χ3v) is 4.63. The van der Waals surface area contributed by atoms with Crippen molar-refractivity contribution in [3.05, 3.63) is 0 Å². The van der Waals surface area contributed by atoms with Gasteiger partial charge in [-0.3, -0.25) is 0 Å². The van der Waals surface area contributed by atoms with Crippen LogP contribution in [0, 0.1) is 5.41 Å². The molecule has 0 bridgehead atoms. The van der Waals surface area contributed by atoms with Crippen molar-refractivity contribution in [3.63, 3.8) is 0 Å². The van der Waals surface area contributed by atoms with Crippen molar-refractivity contribution < 1.29 is 5.11 Å². The molecule has 0 saturated heterocycles. The Morgan fingerprint density at radius 2 is 1.38 bits per heavy atom. The van der Waals surface area contributed by atoms with Crippen LogP contribution in [0.2, 0.25) is 0 Å². The summed E-state index contributed by atoms with van der Waals surface area (Å²) in [6.07, 6.45) is 11.2. The standard InChI is InChI=1S/C12H22O/c1-2-12(13)10-6-5-9-11(12)7-3-4-8-11/h13H,2-10H2,1H3. The minimum atomic E-state index is -0.304. The maximum Gasteiger partial charge on any atom is 0.0701 e. The highest BCUT2D eigenvalue weighted by Crippen LogP contribution is 2.55. The average molecular weight is 182 g/mol. The summed E-state index contributed by atoms with van der Waals surface area (Å²) in [7, 11) is 0.